The lowest BCUT2D eigenvalue weighted by molar-refractivity contribution is 0.102. The fourth-order valence-corrected chi connectivity index (χ4v) is 3.06. The Balaban J connectivity index is 1.43. The lowest BCUT2D eigenvalue weighted by atomic mass is 10.1. The summed E-state index contributed by atoms with van der Waals surface area (Å²) >= 11 is 1.18. The molecule has 126 valence electrons. The third kappa shape index (κ3) is 3.20. The van der Waals surface area contributed by atoms with Crippen LogP contribution in [0.1, 0.15) is 10.4 Å². The molecule has 0 radical (unpaired) electrons. The highest BCUT2D eigenvalue weighted by molar-refractivity contribution is 7.99. The Morgan fingerprint density at radius 1 is 1.20 bits per heavy atom. The molecule has 1 aliphatic heterocycles. The number of ether oxygens (including phenoxy) is 2. The highest BCUT2D eigenvalue weighted by Gasteiger charge is 2.17. The van der Waals surface area contributed by atoms with E-state index in [1.807, 2.05) is 0 Å². The number of nitrogens with one attached hydrogen (secondary N) is 1. The van der Waals surface area contributed by atoms with Gasteiger partial charge in [-0.1, -0.05) is 23.9 Å². The van der Waals surface area contributed by atoms with E-state index in [0.29, 0.717) is 33.6 Å². The van der Waals surface area contributed by atoms with E-state index in [2.05, 4.69) is 15.2 Å². The Bertz CT molecular complexity index is 944. The first-order valence-electron chi connectivity index (χ1n) is 7.43. The van der Waals surface area contributed by atoms with Crippen LogP contribution in [0.25, 0.3) is 11.4 Å². The summed E-state index contributed by atoms with van der Waals surface area (Å²) in [5, 5.41) is 7.09. The second kappa shape index (κ2) is 6.56. The molecule has 0 saturated heterocycles. The number of rotatable bonds is 5. The summed E-state index contributed by atoms with van der Waals surface area (Å²) in [5.74, 6) is 1.22. The number of hydrogen-bond donors (Lipinski definition) is 1. The van der Waals surface area contributed by atoms with Crippen molar-refractivity contribution >= 4 is 17.5 Å². The molecule has 2 heterocycles. The predicted molar refractivity (Wildman–Crippen MR) is 89.4 cm³/mol. The molecule has 0 fully saturated rings. The van der Waals surface area contributed by atoms with Crippen molar-refractivity contribution in [3.05, 3.63) is 53.8 Å². The number of ketones is 1. The summed E-state index contributed by atoms with van der Waals surface area (Å²) in [7, 11) is 0. The van der Waals surface area contributed by atoms with Crippen LogP contribution in [0.2, 0.25) is 0 Å². The normalized spacial score (nSPS) is 12.4. The molecule has 0 spiro atoms. The molecule has 1 N–H and O–H groups in total. The van der Waals surface area contributed by atoms with Crippen molar-refractivity contribution in [2.75, 3.05) is 12.5 Å². The van der Waals surface area contributed by atoms with Crippen molar-refractivity contribution in [1.82, 2.24) is 15.2 Å². The smallest absolute Gasteiger partial charge is 0.231 e. The van der Waals surface area contributed by atoms with Gasteiger partial charge in [0, 0.05) is 5.56 Å². The summed E-state index contributed by atoms with van der Waals surface area (Å²) in [4.78, 5) is 16.5. The van der Waals surface area contributed by atoms with Crippen molar-refractivity contribution < 1.29 is 18.7 Å². The Morgan fingerprint density at radius 2 is 2.04 bits per heavy atom. The topological polar surface area (TPSA) is 77.1 Å². The third-order valence-electron chi connectivity index (χ3n) is 3.62. The number of aromatic nitrogens is 3. The fraction of sp³-hybridized carbons (Fsp3) is 0.118. The molecule has 0 unspecified atom stereocenters. The second-order valence-corrected chi connectivity index (χ2v) is 6.17. The summed E-state index contributed by atoms with van der Waals surface area (Å²) in [6.45, 7) is 0.164. The Morgan fingerprint density at radius 3 is 2.92 bits per heavy atom. The highest BCUT2D eigenvalue weighted by atomic mass is 32.2. The number of benzene rings is 2. The molecule has 2 aromatic carbocycles. The zero-order chi connectivity index (χ0) is 17.2. The van der Waals surface area contributed by atoms with Gasteiger partial charge in [0.1, 0.15) is 5.82 Å². The third-order valence-corrected chi connectivity index (χ3v) is 4.47. The maximum Gasteiger partial charge on any atom is 0.231 e. The molecule has 0 amide bonds. The lowest BCUT2D eigenvalue weighted by Crippen LogP contribution is -2.02. The van der Waals surface area contributed by atoms with E-state index in [4.69, 9.17) is 9.47 Å². The molecule has 25 heavy (non-hydrogen) atoms. The van der Waals surface area contributed by atoms with Crippen molar-refractivity contribution in [3.8, 4) is 22.9 Å². The van der Waals surface area contributed by atoms with Crippen LogP contribution in [0, 0.1) is 5.82 Å². The largest absolute Gasteiger partial charge is 0.454 e. The number of aromatic amines is 1. The summed E-state index contributed by atoms with van der Waals surface area (Å²) in [6.07, 6.45) is 0. The van der Waals surface area contributed by atoms with Gasteiger partial charge in [0.05, 0.1) is 11.3 Å². The molecule has 8 heteroatoms. The van der Waals surface area contributed by atoms with Gasteiger partial charge in [-0.25, -0.2) is 9.37 Å². The zero-order valence-corrected chi connectivity index (χ0v) is 13.7. The number of H-pyrrole nitrogens is 1. The van der Waals surface area contributed by atoms with Gasteiger partial charge in [0.2, 0.25) is 11.9 Å². The minimum Gasteiger partial charge on any atom is -0.454 e. The molecule has 0 saturated carbocycles. The number of halogens is 1. The molecule has 3 aromatic rings. The van der Waals surface area contributed by atoms with Crippen LogP contribution in [-0.2, 0) is 0 Å². The van der Waals surface area contributed by atoms with Gasteiger partial charge in [-0.15, -0.1) is 5.10 Å². The van der Waals surface area contributed by atoms with Gasteiger partial charge in [0.15, 0.2) is 23.1 Å². The summed E-state index contributed by atoms with van der Waals surface area (Å²) < 4.78 is 24.3. The van der Waals surface area contributed by atoms with Crippen LogP contribution < -0.4 is 9.47 Å². The molecule has 4 rings (SSSR count). The molecule has 1 aliphatic rings. The first-order chi connectivity index (χ1) is 12.2. The minimum atomic E-state index is -0.383. The van der Waals surface area contributed by atoms with Crippen LogP contribution in [0.15, 0.2) is 47.6 Å². The van der Waals surface area contributed by atoms with Gasteiger partial charge in [-0.2, -0.15) is 0 Å². The minimum absolute atomic E-state index is 0.0828. The van der Waals surface area contributed by atoms with Crippen LogP contribution in [-0.4, -0.2) is 33.5 Å². The maximum atomic E-state index is 13.8. The van der Waals surface area contributed by atoms with Gasteiger partial charge in [-0.3, -0.25) is 9.89 Å². The van der Waals surface area contributed by atoms with Crippen LogP contribution >= 0.6 is 11.8 Å². The predicted octanol–water partition coefficient (Wildman–Crippen LogP) is 3.31. The quantitative estimate of drug-likeness (QED) is 0.558. The van der Waals surface area contributed by atoms with E-state index in [-0.39, 0.29) is 24.1 Å². The summed E-state index contributed by atoms with van der Waals surface area (Å²) in [5.41, 5.74) is 0.866. The number of nitrogens with zero attached hydrogens (tertiary/aromatic N) is 2. The number of thioether (sulfide) groups is 1. The van der Waals surface area contributed by atoms with Crippen LogP contribution in [0.4, 0.5) is 4.39 Å². The SMILES string of the molecule is O=C(CSc1n[nH]c(-c2ccccc2F)n1)c1ccc2c(c1)OCO2. The lowest BCUT2D eigenvalue weighted by Gasteiger charge is -2.01. The van der Waals surface area contributed by atoms with Gasteiger partial charge in [-0.05, 0) is 30.3 Å². The van der Waals surface area contributed by atoms with Crippen molar-refractivity contribution in [3.63, 3.8) is 0 Å². The summed E-state index contributed by atoms with van der Waals surface area (Å²) in [6, 6.07) is 11.4. The van der Waals surface area contributed by atoms with Crippen molar-refractivity contribution in [2.24, 2.45) is 0 Å². The highest BCUT2D eigenvalue weighted by Crippen LogP contribution is 2.33. The maximum absolute atomic E-state index is 13.8. The first-order valence-corrected chi connectivity index (χ1v) is 8.42. The Hall–Kier alpha value is -2.87. The first kappa shape index (κ1) is 15.6. The molecule has 1 aromatic heterocycles. The number of carbonyl (C=O) groups excluding carboxylic acids is 1. The van der Waals surface area contributed by atoms with Crippen molar-refractivity contribution in [2.45, 2.75) is 5.16 Å². The molecular formula is C17H12FN3O3S. The van der Waals surface area contributed by atoms with Gasteiger partial charge in [0.25, 0.3) is 0 Å². The second-order valence-electron chi connectivity index (χ2n) is 5.23. The monoisotopic (exact) mass is 357 g/mol. The van der Waals surface area contributed by atoms with Crippen LogP contribution in [0.5, 0.6) is 11.5 Å². The van der Waals surface area contributed by atoms with Crippen LogP contribution in [0.3, 0.4) is 0 Å². The number of Topliss-reactive ketones (excluding diaryl/α,β-unsaturated/α-hetero) is 1. The number of carbonyl (C=O) groups is 1. The van der Waals surface area contributed by atoms with Crippen molar-refractivity contribution in [1.29, 1.82) is 0 Å². The van der Waals surface area contributed by atoms with E-state index in [9.17, 15) is 9.18 Å². The average molecular weight is 357 g/mol. The standard InChI is InChI=1S/C17H12FN3O3S/c18-12-4-2-1-3-11(12)16-19-17(21-20-16)25-8-13(22)10-5-6-14-15(7-10)24-9-23-14/h1-7H,8-9H2,(H,19,20,21). The molecule has 0 atom stereocenters. The number of hydrogen-bond acceptors (Lipinski definition) is 6. The number of fused-ring (bicyclic) bond motifs is 1. The fourth-order valence-electron chi connectivity index (χ4n) is 2.37. The van der Waals surface area contributed by atoms with E-state index in [1.54, 1.807) is 36.4 Å². The molecule has 6 nitrogen and oxygen atoms in total. The van der Waals surface area contributed by atoms with E-state index < -0.39 is 0 Å². The Kier molecular flexibility index (Phi) is 4.10. The molecule has 0 bridgehead atoms. The van der Waals surface area contributed by atoms with E-state index in [1.165, 1.54) is 17.8 Å². The van der Waals surface area contributed by atoms with Gasteiger partial charge < -0.3 is 9.47 Å². The zero-order valence-electron chi connectivity index (χ0n) is 12.9. The average Bonchev–Trinajstić information content (AvgIpc) is 3.28. The van der Waals surface area contributed by atoms with Gasteiger partial charge >= 0.3 is 0 Å². The molecular weight excluding hydrogens is 345 g/mol. The van der Waals surface area contributed by atoms with E-state index in [0.717, 1.165) is 0 Å². The Labute approximate surface area is 146 Å². The van der Waals surface area contributed by atoms with E-state index >= 15 is 0 Å². The molecule has 0 aliphatic carbocycles.